The highest BCUT2D eigenvalue weighted by Crippen LogP contribution is 2.17. The van der Waals surface area contributed by atoms with E-state index in [1.807, 2.05) is 0 Å². The van der Waals surface area contributed by atoms with Gasteiger partial charge < -0.3 is 15.1 Å². The fourth-order valence-electron chi connectivity index (χ4n) is 1.93. The Morgan fingerprint density at radius 3 is 2.53 bits per heavy atom. The highest BCUT2D eigenvalue weighted by molar-refractivity contribution is 5.95. The number of aliphatic hydroxyl groups is 2. The van der Waals surface area contributed by atoms with Crippen LogP contribution in [0, 0.1) is 12.7 Å². The van der Waals surface area contributed by atoms with Gasteiger partial charge in [0.25, 0.3) is 5.91 Å². The SMILES string of the molecule is Cc1ccc(F)cc1C(=O)N1C[C@@H](O)[C@@H](O)C1. The molecule has 0 saturated carbocycles. The third kappa shape index (κ3) is 2.30. The van der Waals surface area contributed by atoms with Crippen molar-refractivity contribution in [2.24, 2.45) is 0 Å². The fourth-order valence-corrected chi connectivity index (χ4v) is 1.93. The number of carbonyl (C=O) groups excluding carboxylic acids is 1. The Kier molecular flexibility index (Phi) is 3.13. The van der Waals surface area contributed by atoms with E-state index in [2.05, 4.69) is 0 Å². The van der Waals surface area contributed by atoms with Crippen molar-refractivity contribution < 1.29 is 19.4 Å². The first-order chi connectivity index (χ1) is 7.99. The molecule has 2 rings (SSSR count). The Bertz CT molecular complexity index is 439. The summed E-state index contributed by atoms with van der Waals surface area (Å²) in [5.41, 5.74) is 0.943. The van der Waals surface area contributed by atoms with Crippen LogP contribution in [-0.2, 0) is 0 Å². The van der Waals surface area contributed by atoms with E-state index in [-0.39, 0.29) is 24.6 Å². The average molecular weight is 239 g/mol. The van der Waals surface area contributed by atoms with Crippen LogP contribution in [0.15, 0.2) is 18.2 Å². The number of β-amino-alcohol motifs (C(OH)–C–C–N with tert-alkyl or cyclic N) is 2. The third-order valence-corrected chi connectivity index (χ3v) is 2.98. The molecule has 0 bridgehead atoms. The number of nitrogens with zero attached hydrogens (tertiary/aromatic N) is 1. The van der Waals surface area contributed by atoms with Gasteiger partial charge in [0.2, 0.25) is 0 Å². The van der Waals surface area contributed by atoms with Crippen LogP contribution in [0.4, 0.5) is 4.39 Å². The second-order valence-corrected chi connectivity index (χ2v) is 4.30. The summed E-state index contributed by atoms with van der Waals surface area (Å²) >= 11 is 0. The maximum Gasteiger partial charge on any atom is 0.254 e. The number of rotatable bonds is 1. The summed E-state index contributed by atoms with van der Waals surface area (Å²) in [6, 6.07) is 4.00. The molecule has 2 atom stereocenters. The molecule has 92 valence electrons. The average Bonchev–Trinajstić information content (AvgIpc) is 2.62. The molecular weight excluding hydrogens is 225 g/mol. The third-order valence-electron chi connectivity index (χ3n) is 2.98. The van der Waals surface area contributed by atoms with Gasteiger partial charge in [0.15, 0.2) is 0 Å². The van der Waals surface area contributed by atoms with Crippen molar-refractivity contribution >= 4 is 5.91 Å². The molecular formula is C12H14FNO3. The van der Waals surface area contributed by atoms with Crippen molar-refractivity contribution in [2.75, 3.05) is 13.1 Å². The number of hydrogen-bond donors (Lipinski definition) is 2. The van der Waals surface area contributed by atoms with Crippen LogP contribution in [0.1, 0.15) is 15.9 Å². The lowest BCUT2D eigenvalue weighted by molar-refractivity contribution is 0.0572. The van der Waals surface area contributed by atoms with E-state index < -0.39 is 18.0 Å². The molecule has 1 fully saturated rings. The van der Waals surface area contributed by atoms with Crippen molar-refractivity contribution in [3.63, 3.8) is 0 Å². The zero-order valence-corrected chi connectivity index (χ0v) is 9.43. The lowest BCUT2D eigenvalue weighted by Crippen LogP contribution is -2.30. The van der Waals surface area contributed by atoms with Crippen molar-refractivity contribution in [3.8, 4) is 0 Å². The Hall–Kier alpha value is -1.46. The zero-order valence-electron chi connectivity index (χ0n) is 9.43. The van der Waals surface area contributed by atoms with Gasteiger partial charge in [0.1, 0.15) is 5.82 Å². The minimum Gasteiger partial charge on any atom is -0.388 e. The molecule has 0 spiro atoms. The highest BCUT2D eigenvalue weighted by Gasteiger charge is 2.33. The smallest absolute Gasteiger partial charge is 0.254 e. The Morgan fingerprint density at radius 2 is 1.94 bits per heavy atom. The molecule has 0 aromatic heterocycles. The Morgan fingerprint density at radius 1 is 1.35 bits per heavy atom. The Balaban J connectivity index is 2.23. The molecule has 0 unspecified atom stereocenters. The van der Waals surface area contributed by atoms with Crippen LogP contribution >= 0.6 is 0 Å². The van der Waals surface area contributed by atoms with E-state index >= 15 is 0 Å². The van der Waals surface area contributed by atoms with E-state index in [0.29, 0.717) is 5.56 Å². The van der Waals surface area contributed by atoms with Gasteiger partial charge in [-0.15, -0.1) is 0 Å². The predicted octanol–water partition coefficient (Wildman–Crippen LogP) is 0.312. The molecule has 0 aliphatic carbocycles. The number of aliphatic hydroxyl groups excluding tert-OH is 2. The summed E-state index contributed by atoms with van der Waals surface area (Å²) in [4.78, 5) is 13.4. The zero-order chi connectivity index (χ0) is 12.6. The van der Waals surface area contributed by atoms with Gasteiger partial charge in [-0.05, 0) is 24.6 Å². The molecule has 1 aromatic rings. The first kappa shape index (κ1) is 12.0. The summed E-state index contributed by atoms with van der Waals surface area (Å²) in [5.74, 6) is -0.836. The van der Waals surface area contributed by atoms with Gasteiger partial charge in [0.05, 0.1) is 12.2 Å². The van der Waals surface area contributed by atoms with Gasteiger partial charge in [-0.25, -0.2) is 4.39 Å². The van der Waals surface area contributed by atoms with Crippen LogP contribution in [0.3, 0.4) is 0 Å². The standard InChI is InChI=1S/C12H14FNO3/c1-7-2-3-8(13)4-9(7)12(17)14-5-10(15)11(16)6-14/h2-4,10-11,15-16H,5-6H2,1H3/t10-,11+. The quantitative estimate of drug-likeness (QED) is 0.741. The molecule has 1 amide bonds. The van der Waals surface area contributed by atoms with Gasteiger partial charge in [-0.3, -0.25) is 4.79 Å². The molecule has 17 heavy (non-hydrogen) atoms. The summed E-state index contributed by atoms with van der Waals surface area (Å²) in [6.07, 6.45) is -1.85. The lowest BCUT2D eigenvalue weighted by Gasteiger charge is -2.16. The van der Waals surface area contributed by atoms with Crippen molar-refractivity contribution in [1.29, 1.82) is 0 Å². The first-order valence-corrected chi connectivity index (χ1v) is 5.40. The molecule has 1 aliphatic rings. The number of halogens is 1. The van der Waals surface area contributed by atoms with E-state index in [9.17, 15) is 19.4 Å². The highest BCUT2D eigenvalue weighted by atomic mass is 19.1. The fraction of sp³-hybridized carbons (Fsp3) is 0.417. The number of likely N-dealkylation sites (tertiary alicyclic amines) is 1. The number of aryl methyl sites for hydroxylation is 1. The molecule has 4 nitrogen and oxygen atoms in total. The van der Waals surface area contributed by atoms with Crippen LogP contribution in [0.2, 0.25) is 0 Å². The summed E-state index contributed by atoms with van der Waals surface area (Å²) in [6.45, 7) is 1.88. The number of amides is 1. The van der Waals surface area contributed by atoms with Crippen molar-refractivity contribution in [1.82, 2.24) is 4.90 Å². The van der Waals surface area contributed by atoms with Crippen LogP contribution < -0.4 is 0 Å². The van der Waals surface area contributed by atoms with Crippen molar-refractivity contribution in [3.05, 3.63) is 35.1 Å². The van der Waals surface area contributed by atoms with Gasteiger partial charge in [0, 0.05) is 18.7 Å². The normalized spacial score (nSPS) is 24.1. The molecule has 1 saturated heterocycles. The monoisotopic (exact) mass is 239 g/mol. The minimum absolute atomic E-state index is 0.0793. The predicted molar refractivity (Wildman–Crippen MR) is 59.1 cm³/mol. The molecule has 5 heteroatoms. The van der Waals surface area contributed by atoms with Crippen LogP contribution in [0.5, 0.6) is 0 Å². The number of carbonyl (C=O) groups is 1. The second-order valence-electron chi connectivity index (χ2n) is 4.30. The van der Waals surface area contributed by atoms with E-state index in [1.165, 1.54) is 23.1 Å². The number of hydrogen-bond acceptors (Lipinski definition) is 3. The topological polar surface area (TPSA) is 60.8 Å². The van der Waals surface area contributed by atoms with Gasteiger partial charge >= 0.3 is 0 Å². The Labute approximate surface area is 98.3 Å². The second kappa shape index (κ2) is 4.43. The van der Waals surface area contributed by atoms with Crippen molar-refractivity contribution in [2.45, 2.75) is 19.1 Å². The van der Waals surface area contributed by atoms with Gasteiger partial charge in [-0.2, -0.15) is 0 Å². The summed E-state index contributed by atoms with van der Waals surface area (Å²) < 4.78 is 13.1. The molecule has 1 aromatic carbocycles. The molecule has 1 heterocycles. The van der Waals surface area contributed by atoms with Crippen LogP contribution in [0.25, 0.3) is 0 Å². The minimum atomic E-state index is -0.923. The van der Waals surface area contributed by atoms with E-state index in [4.69, 9.17) is 0 Å². The summed E-state index contributed by atoms with van der Waals surface area (Å²) in [5, 5.41) is 18.7. The molecule has 0 radical (unpaired) electrons. The largest absolute Gasteiger partial charge is 0.388 e. The lowest BCUT2D eigenvalue weighted by atomic mass is 10.1. The maximum atomic E-state index is 13.1. The molecule has 2 N–H and O–H groups in total. The van der Waals surface area contributed by atoms with Gasteiger partial charge in [-0.1, -0.05) is 6.07 Å². The van der Waals surface area contributed by atoms with E-state index in [0.717, 1.165) is 0 Å². The van der Waals surface area contributed by atoms with Crippen LogP contribution in [-0.4, -0.2) is 46.3 Å². The first-order valence-electron chi connectivity index (χ1n) is 5.40. The maximum absolute atomic E-state index is 13.1. The van der Waals surface area contributed by atoms with E-state index in [1.54, 1.807) is 6.92 Å². The summed E-state index contributed by atoms with van der Waals surface area (Å²) in [7, 11) is 0. The number of benzene rings is 1. The molecule has 1 aliphatic heterocycles.